The topological polar surface area (TPSA) is 59.7 Å². The molecule has 3 heterocycles. The molecule has 0 bridgehead atoms. The third kappa shape index (κ3) is 2.32. The summed E-state index contributed by atoms with van der Waals surface area (Å²) in [4.78, 5) is 0. The molecule has 0 spiro atoms. The van der Waals surface area contributed by atoms with Gasteiger partial charge >= 0.3 is 0 Å². The summed E-state index contributed by atoms with van der Waals surface area (Å²) in [6.45, 7) is 0. The number of phenolic OH excluding ortho intramolecular Hbond substituents is 1. The SMILES string of the molecule is Oc1cc(-c2ccc3oc4cc5c(cc4c3c2)oc2ccccc25)cc2oc3ccccc3c12. The van der Waals surface area contributed by atoms with Crippen LogP contribution in [0, 0.1) is 0 Å². The highest BCUT2D eigenvalue weighted by atomic mass is 16.3. The molecule has 0 atom stereocenters. The van der Waals surface area contributed by atoms with E-state index in [1.807, 2.05) is 60.7 Å². The van der Waals surface area contributed by atoms with Gasteiger partial charge in [0.05, 0.1) is 5.39 Å². The van der Waals surface area contributed by atoms with E-state index in [0.717, 1.165) is 71.4 Å². The molecule has 160 valence electrons. The highest BCUT2D eigenvalue weighted by molar-refractivity contribution is 6.15. The van der Waals surface area contributed by atoms with Crippen LogP contribution in [0.4, 0.5) is 0 Å². The molecule has 0 saturated carbocycles. The molecule has 0 unspecified atom stereocenters. The van der Waals surface area contributed by atoms with Crippen LogP contribution in [0.3, 0.4) is 0 Å². The first-order valence-electron chi connectivity index (χ1n) is 11.2. The standard InChI is InChI=1S/C30H16O4/c31-23-12-17(13-29-30(23)19-6-2-4-8-25(19)34-29)16-9-10-26-20(11-16)22-15-27-21(14-28(22)33-26)18-5-1-3-7-24(18)32-27/h1-15,31H. The fourth-order valence-corrected chi connectivity index (χ4v) is 5.17. The van der Waals surface area contributed by atoms with Crippen LogP contribution in [-0.4, -0.2) is 5.11 Å². The quantitative estimate of drug-likeness (QED) is 0.277. The van der Waals surface area contributed by atoms with Crippen LogP contribution < -0.4 is 0 Å². The molecular formula is C30H16O4. The smallest absolute Gasteiger partial charge is 0.139 e. The van der Waals surface area contributed by atoms with Gasteiger partial charge in [0.1, 0.15) is 39.2 Å². The van der Waals surface area contributed by atoms with Crippen molar-refractivity contribution in [1.82, 2.24) is 0 Å². The Morgan fingerprint density at radius 1 is 0.412 bits per heavy atom. The van der Waals surface area contributed by atoms with Crippen molar-refractivity contribution in [2.75, 3.05) is 0 Å². The maximum absolute atomic E-state index is 10.8. The third-order valence-corrected chi connectivity index (χ3v) is 6.76. The van der Waals surface area contributed by atoms with E-state index >= 15 is 0 Å². The van der Waals surface area contributed by atoms with Crippen molar-refractivity contribution in [2.24, 2.45) is 0 Å². The van der Waals surface area contributed by atoms with Gasteiger partial charge in [-0.15, -0.1) is 0 Å². The molecule has 1 N–H and O–H groups in total. The minimum Gasteiger partial charge on any atom is -0.507 e. The van der Waals surface area contributed by atoms with Gasteiger partial charge in [0, 0.05) is 26.9 Å². The monoisotopic (exact) mass is 440 g/mol. The Hall–Kier alpha value is -4.70. The van der Waals surface area contributed by atoms with Crippen molar-refractivity contribution >= 4 is 65.8 Å². The lowest BCUT2D eigenvalue weighted by Gasteiger charge is -2.04. The van der Waals surface area contributed by atoms with Crippen LogP contribution in [0.25, 0.3) is 76.9 Å². The van der Waals surface area contributed by atoms with Crippen LogP contribution >= 0.6 is 0 Å². The van der Waals surface area contributed by atoms with Gasteiger partial charge in [-0.1, -0.05) is 42.5 Å². The van der Waals surface area contributed by atoms with Crippen LogP contribution in [0.15, 0.2) is 104 Å². The van der Waals surface area contributed by atoms with Crippen molar-refractivity contribution in [3.63, 3.8) is 0 Å². The molecule has 8 aromatic rings. The van der Waals surface area contributed by atoms with E-state index in [1.54, 1.807) is 6.07 Å². The lowest BCUT2D eigenvalue weighted by atomic mass is 10.0. The third-order valence-electron chi connectivity index (χ3n) is 6.76. The van der Waals surface area contributed by atoms with E-state index in [9.17, 15) is 5.11 Å². The molecule has 0 aliphatic carbocycles. The minimum absolute atomic E-state index is 0.207. The molecule has 0 aliphatic rings. The van der Waals surface area contributed by atoms with E-state index in [4.69, 9.17) is 13.3 Å². The second-order valence-corrected chi connectivity index (χ2v) is 8.72. The highest BCUT2D eigenvalue weighted by Crippen LogP contribution is 2.41. The average molecular weight is 440 g/mol. The van der Waals surface area contributed by atoms with Gasteiger partial charge in [-0.2, -0.15) is 0 Å². The summed E-state index contributed by atoms with van der Waals surface area (Å²) in [7, 11) is 0. The molecule has 3 aromatic heterocycles. The van der Waals surface area contributed by atoms with Crippen LogP contribution in [0.1, 0.15) is 0 Å². The molecule has 34 heavy (non-hydrogen) atoms. The predicted molar refractivity (Wildman–Crippen MR) is 135 cm³/mol. The lowest BCUT2D eigenvalue weighted by molar-refractivity contribution is 0.482. The first-order valence-corrected chi connectivity index (χ1v) is 11.2. The summed E-state index contributed by atoms with van der Waals surface area (Å²) in [5.74, 6) is 0.207. The fraction of sp³-hybridized carbons (Fsp3) is 0. The van der Waals surface area contributed by atoms with Crippen LogP contribution in [-0.2, 0) is 0 Å². The van der Waals surface area contributed by atoms with Gasteiger partial charge < -0.3 is 18.4 Å². The Kier molecular flexibility index (Phi) is 3.25. The number of furan rings is 3. The van der Waals surface area contributed by atoms with Crippen LogP contribution in [0.5, 0.6) is 5.75 Å². The van der Waals surface area contributed by atoms with Crippen molar-refractivity contribution in [3.8, 4) is 16.9 Å². The molecular weight excluding hydrogens is 424 g/mol. The maximum Gasteiger partial charge on any atom is 0.139 e. The Morgan fingerprint density at radius 2 is 1.00 bits per heavy atom. The van der Waals surface area contributed by atoms with Crippen molar-refractivity contribution in [2.45, 2.75) is 0 Å². The molecule has 0 aliphatic heterocycles. The Labute approximate surface area is 192 Å². The zero-order chi connectivity index (χ0) is 22.4. The summed E-state index contributed by atoms with van der Waals surface area (Å²) < 4.78 is 18.3. The van der Waals surface area contributed by atoms with Gasteiger partial charge in [0.15, 0.2) is 0 Å². The van der Waals surface area contributed by atoms with Crippen LogP contribution in [0.2, 0.25) is 0 Å². The van der Waals surface area contributed by atoms with Gasteiger partial charge in [-0.3, -0.25) is 0 Å². The summed E-state index contributed by atoms with van der Waals surface area (Å²) in [6.07, 6.45) is 0. The second-order valence-electron chi connectivity index (χ2n) is 8.72. The van der Waals surface area contributed by atoms with Crippen molar-refractivity contribution < 1.29 is 18.4 Å². The average Bonchev–Trinajstić information content (AvgIpc) is 3.52. The normalized spacial score (nSPS) is 12.2. The molecule has 0 saturated heterocycles. The molecule has 0 amide bonds. The predicted octanol–water partition coefficient (Wildman–Crippen LogP) is 8.76. The first kappa shape index (κ1) is 17.8. The molecule has 8 rings (SSSR count). The van der Waals surface area contributed by atoms with E-state index < -0.39 is 0 Å². The Bertz CT molecular complexity index is 2080. The van der Waals surface area contributed by atoms with Gasteiger partial charge in [0.25, 0.3) is 0 Å². The molecule has 0 fully saturated rings. The number of rotatable bonds is 1. The highest BCUT2D eigenvalue weighted by Gasteiger charge is 2.16. The fourth-order valence-electron chi connectivity index (χ4n) is 5.17. The second kappa shape index (κ2) is 6.21. The summed E-state index contributed by atoms with van der Waals surface area (Å²) in [5.41, 5.74) is 6.61. The summed E-state index contributed by atoms with van der Waals surface area (Å²) in [6, 6.07) is 29.8. The Balaban J connectivity index is 1.37. The minimum atomic E-state index is 0.207. The molecule has 0 radical (unpaired) electrons. The zero-order valence-corrected chi connectivity index (χ0v) is 17.8. The number of benzene rings is 5. The van der Waals surface area contributed by atoms with Crippen molar-refractivity contribution in [3.05, 3.63) is 91.0 Å². The van der Waals surface area contributed by atoms with E-state index in [1.165, 1.54) is 0 Å². The van der Waals surface area contributed by atoms with E-state index in [2.05, 4.69) is 24.3 Å². The van der Waals surface area contributed by atoms with Gasteiger partial charge in [-0.25, -0.2) is 0 Å². The number of phenols is 1. The van der Waals surface area contributed by atoms with E-state index in [-0.39, 0.29) is 5.75 Å². The number of para-hydroxylation sites is 2. The molecule has 4 nitrogen and oxygen atoms in total. The van der Waals surface area contributed by atoms with Crippen molar-refractivity contribution in [1.29, 1.82) is 0 Å². The van der Waals surface area contributed by atoms with Gasteiger partial charge in [-0.05, 0) is 59.7 Å². The molecule has 5 aromatic carbocycles. The largest absolute Gasteiger partial charge is 0.507 e. The zero-order valence-electron chi connectivity index (χ0n) is 17.8. The number of hydrogen-bond acceptors (Lipinski definition) is 4. The number of hydrogen-bond donors (Lipinski definition) is 1. The lowest BCUT2D eigenvalue weighted by Crippen LogP contribution is -1.79. The number of aromatic hydroxyl groups is 1. The number of fused-ring (bicyclic) bond motifs is 9. The molecule has 4 heteroatoms. The van der Waals surface area contributed by atoms with E-state index in [0.29, 0.717) is 5.58 Å². The van der Waals surface area contributed by atoms with Gasteiger partial charge in [0.2, 0.25) is 0 Å². The first-order chi connectivity index (χ1) is 16.7. The summed E-state index contributed by atoms with van der Waals surface area (Å²) >= 11 is 0. The summed E-state index contributed by atoms with van der Waals surface area (Å²) in [5, 5.41) is 16.6. The Morgan fingerprint density at radius 3 is 1.79 bits per heavy atom. The maximum atomic E-state index is 10.8.